The summed E-state index contributed by atoms with van der Waals surface area (Å²) in [4.78, 5) is 24.8. The zero-order valence-electron chi connectivity index (χ0n) is 18.7. The number of esters is 1. The molecule has 3 aromatic rings. The molecule has 1 N–H and O–H groups in total. The molecule has 1 aliphatic rings. The first kappa shape index (κ1) is 22.4. The third-order valence-corrected chi connectivity index (χ3v) is 6.00. The molecule has 0 radical (unpaired) electrons. The SMILES string of the molecule is COC(=O)[C@H](CCc1ccc(OC)cc1)NC(=O)OCC1c2ccccc2-c2ccccc21. The van der Waals surface area contributed by atoms with Crippen LogP contribution >= 0.6 is 0 Å². The number of carbonyl (C=O) groups excluding carboxylic acids is 2. The van der Waals surface area contributed by atoms with E-state index in [0.29, 0.717) is 12.8 Å². The lowest BCUT2D eigenvalue weighted by molar-refractivity contribution is -0.143. The fourth-order valence-corrected chi connectivity index (χ4v) is 4.28. The summed E-state index contributed by atoms with van der Waals surface area (Å²) in [5.74, 6) is 0.219. The van der Waals surface area contributed by atoms with Crippen LogP contribution in [0.1, 0.15) is 29.0 Å². The zero-order chi connectivity index (χ0) is 23.2. The molecule has 0 bridgehead atoms. The fraction of sp³-hybridized carbons (Fsp3) is 0.259. The Balaban J connectivity index is 1.38. The van der Waals surface area contributed by atoms with E-state index in [9.17, 15) is 9.59 Å². The number of hydrogen-bond donors (Lipinski definition) is 1. The molecule has 0 saturated heterocycles. The highest BCUT2D eigenvalue weighted by molar-refractivity contribution is 5.82. The third-order valence-electron chi connectivity index (χ3n) is 6.00. The number of nitrogens with one attached hydrogen (secondary N) is 1. The monoisotopic (exact) mass is 445 g/mol. The average molecular weight is 446 g/mol. The number of aryl methyl sites for hydroxylation is 1. The van der Waals surface area contributed by atoms with Crippen molar-refractivity contribution in [3.8, 4) is 16.9 Å². The topological polar surface area (TPSA) is 73.9 Å². The number of hydrogen-bond acceptors (Lipinski definition) is 5. The number of alkyl carbamates (subject to hydrolysis) is 1. The Kier molecular flexibility index (Phi) is 6.93. The second-order valence-electron chi connectivity index (χ2n) is 7.93. The summed E-state index contributed by atoms with van der Waals surface area (Å²) in [6, 6.07) is 23.1. The Morgan fingerprint density at radius 3 is 2.06 bits per heavy atom. The van der Waals surface area contributed by atoms with Gasteiger partial charge in [0.25, 0.3) is 0 Å². The van der Waals surface area contributed by atoms with Crippen molar-refractivity contribution in [2.24, 2.45) is 0 Å². The first-order chi connectivity index (χ1) is 16.1. The van der Waals surface area contributed by atoms with Crippen LogP contribution in [0.5, 0.6) is 5.75 Å². The van der Waals surface area contributed by atoms with Gasteiger partial charge in [-0.2, -0.15) is 0 Å². The van der Waals surface area contributed by atoms with E-state index in [1.165, 1.54) is 7.11 Å². The molecular weight excluding hydrogens is 418 g/mol. The van der Waals surface area contributed by atoms with E-state index in [1.807, 2.05) is 48.5 Å². The van der Waals surface area contributed by atoms with Crippen LogP contribution < -0.4 is 10.1 Å². The minimum absolute atomic E-state index is 0.0426. The molecule has 6 heteroatoms. The average Bonchev–Trinajstić information content (AvgIpc) is 3.18. The largest absolute Gasteiger partial charge is 0.497 e. The van der Waals surface area contributed by atoms with Gasteiger partial charge in [-0.1, -0.05) is 60.7 Å². The highest BCUT2D eigenvalue weighted by Gasteiger charge is 2.29. The maximum atomic E-state index is 12.6. The first-order valence-corrected chi connectivity index (χ1v) is 10.9. The van der Waals surface area contributed by atoms with Crippen molar-refractivity contribution in [2.45, 2.75) is 24.8 Å². The van der Waals surface area contributed by atoms with Gasteiger partial charge in [0.05, 0.1) is 14.2 Å². The molecule has 6 nitrogen and oxygen atoms in total. The molecule has 0 unspecified atom stereocenters. The summed E-state index contributed by atoms with van der Waals surface area (Å²) < 4.78 is 15.6. The number of methoxy groups -OCH3 is 2. The molecule has 0 aromatic heterocycles. The van der Waals surface area contributed by atoms with Crippen molar-refractivity contribution in [1.29, 1.82) is 0 Å². The van der Waals surface area contributed by atoms with Crippen LogP contribution in [0.15, 0.2) is 72.8 Å². The van der Waals surface area contributed by atoms with Crippen molar-refractivity contribution in [3.63, 3.8) is 0 Å². The minimum atomic E-state index is -0.798. The highest BCUT2D eigenvalue weighted by atomic mass is 16.6. The van der Waals surface area contributed by atoms with E-state index in [-0.39, 0.29) is 12.5 Å². The minimum Gasteiger partial charge on any atom is -0.497 e. The van der Waals surface area contributed by atoms with Crippen LogP contribution in [0.25, 0.3) is 11.1 Å². The van der Waals surface area contributed by atoms with Crippen LogP contribution in [0.2, 0.25) is 0 Å². The maximum Gasteiger partial charge on any atom is 0.407 e. The van der Waals surface area contributed by atoms with Crippen LogP contribution in [0.3, 0.4) is 0 Å². The van der Waals surface area contributed by atoms with Gasteiger partial charge >= 0.3 is 12.1 Å². The van der Waals surface area contributed by atoms with E-state index in [4.69, 9.17) is 14.2 Å². The van der Waals surface area contributed by atoms with E-state index in [1.54, 1.807) is 7.11 Å². The second kappa shape index (κ2) is 10.2. The van der Waals surface area contributed by atoms with Gasteiger partial charge in [0, 0.05) is 5.92 Å². The molecule has 4 rings (SSSR count). The first-order valence-electron chi connectivity index (χ1n) is 10.9. The smallest absolute Gasteiger partial charge is 0.407 e. The van der Waals surface area contributed by atoms with Gasteiger partial charge in [0.15, 0.2) is 0 Å². The number of rotatable bonds is 8. The number of fused-ring (bicyclic) bond motifs is 3. The number of amides is 1. The van der Waals surface area contributed by atoms with Gasteiger partial charge in [0.2, 0.25) is 0 Å². The molecule has 0 heterocycles. The van der Waals surface area contributed by atoms with Crippen molar-refractivity contribution < 1.29 is 23.8 Å². The van der Waals surface area contributed by atoms with E-state index in [2.05, 4.69) is 29.6 Å². The molecule has 1 aliphatic carbocycles. The summed E-state index contributed by atoms with van der Waals surface area (Å²) in [6.45, 7) is 0.187. The van der Waals surface area contributed by atoms with Crippen molar-refractivity contribution in [1.82, 2.24) is 5.32 Å². The molecule has 0 aliphatic heterocycles. The Hall–Kier alpha value is -3.80. The predicted molar refractivity (Wildman–Crippen MR) is 125 cm³/mol. The Morgan fingerprint density at radius 2 is 1.48 bits per heavy atom. The molecule has 0 saturated carbocycles. The van der Waals surface area contributed by atoms with E-state index >= 15 is 0 Å². The normalized spacial score (nSPS) is 12.9. The Labute approximate surface area is 193 Å². The van der Waals surface area contributed by atoms with Crippen LogP contribution in [-0.4, -0.2) is 38.9 Å². The van der Waals surface area contributed by atoms with Crippen molar-refractivity contribution in [3.05, 3.63) is 89.5 Å². The van der Waals surface area contributed by atoms with Gasteiger partial charge in [-0.25, -0.2) is 9.59 Å². The molecule has 33 heavy (non-hydrogen) atoms. The van der Waals surface area contributed by atoms with Crippen LogP contribution in [0, 0.1) is 0 Å². The molecule has 1 amide bonds. The van der Waals surface area contributed by atoms with Gasteiger partial charge in [-0.15, -0.1) is 0 Å². The lowest BCUT2D eigenvalue weighted by Gasteiger charge is -2.18. The van der Waals surface area contributed by atoms with Crippen molar-refractivity contribution in [2.75, 3.05) is 20.8 Å². The van der Waals surface area contributed by atoms with Crippen LogP contribution in [0.4, 0.5) is 4.79 Å². The van der Waals surface area contributed by atoms with Gasteiger partial charge < -0.3 is 19.5 Å². The third kappa shape index (κ3) is 5.00. The van der Waals surface area contributed by atoms with Gasteiger partial charge in [-0.3, -0.25) is 0 Å². The highest BCUT2D eigenvalue weighted by Crippen LogP contribution is 2.44. The quantitative estimate of drug-likeness (QED) is 0.509. The van der Waals surface area contributed by atoms with E-state index < -0.39 is 18.1 Å². The number of ether oxygens (including phenoxy) is 3. The molecule has 170 valence electrons. The Bertz CT molecular complexity index is 1080. The fourth-order valence-electron chi connectivity index (χ4n) is 4.28. The maximum absolute atomic E-state index is 12.6. The second-order valence-corrected chi connectivity index (χ2v) is 7.93. The van der Waals surface area contributed by atoms with Gasteiger partial charge in [-0.05, 0) is 52.8 Å². The summed E-state index contributed by atoms with van der Waals surface area (Å²) in [7, 11) is 2.92. The summed E-state index contributed by atoms with van der Waals surface area (Å²) >= 11 is 0. The molecule has 0 spiro atoms. The summed E-state index contributed by atoms with van der Waals surface area (Å²) in [5, 5.41) is 2.67. The standard InChI is InChI=1S/C27H27NO5/c1-31-19-14-11-18(12-15-19)13-16-25(26(29)32-2)28-27(30)33-17-24-22-9-5-3-7-20(22)21-8-4-6-10-23(21)24/h3-12,14-15,24-25H,13,16-17H2,1-2H3,(H,28,30)/t25-/m0/s1. The van der Waals surface area contributed by atoms with Gasteiger partial charge in [0.1, 0.15) is 18.4 Å². The zero-order valence-corrected chi connectivity index (χ0v) is 18.7. The molecule has 1 atom stereocenters. The summed E-state index contributed by atoms with van der Waals surface area (Å²) in [5.41, 5.74) is 5.62. The number of benzene rings is 3. The van der Waals surface area contributed by atoms with Crippen molar-refractivity contribution >= 4 is 12.1 Å². The van der Waals surface area contributed by atoms with Crippen LogP contribution in [-0.2, 0) is 20.7 Å². The molecular formula is C27H27NO5. The predicted octanol–water partition coefficient (Wildman–Crippen LogP) is 4.71. The number of carbonyl (C=O) groups is 2. The van der Waals surface area contributed by atoms with E-state index in [0.717, 1.165) is 33.6 Å². The Morgan fingerprint density at radius 1 is 0.879 bits per heavy atom. The lowest BCUT2D eigenvalue weighted by Crippen LogP contribution is -2.42. The summed E-state index contributed by atoms with van der Waals surface area (Å²) in [6.07, 6.45) is 0.346. The molecule has 0 fully saturated rings. The molecule has 3 aromatic carbocycles. The lowest BCUT2D eigenvalue weighted by atomic mass is 9.98.